The summed E-state index contributed by atoms with van der Waals surface area (Å²) in [6, 6.07) is 4.13. The quantitative estimate of drug-likeness (QED) is 0.651. The van der Waals surface area contributed by atoms with Crippen LogP contribution in [0.3, 0.4) is 0 Å². The van der Waals surface area contributed by atoms with Crippen LogP contribution in [-0.4, -0.2) is 56.0 Å². The molecule has 7 heteroatoms. The molecule has 1 aliphatic carbocycles. The van der Waals surface area contributed by atoms with Crippen LogP contribution >= 0.6 is 11.8 Å². The highest BCUT2D eigenvalue weighted by Crippen LogP contribution is 2.42. The maximum atomic E-state index is 4.55. The second-order valence-electron chi connectivity index (χ2n) is 7.41. The van der Waals surface area contributed by atoms with Crippen LogP contribution in [0, 0.1) is 0 Å². The third-order valence-electron chi connectivity index (χ3n) is 5.55. The summed E-state index contributed by atoms with van der Waals surface area (Å²) in [7, 11) is 1.89. The number of pyridine rings is 1. The largest absolute Gasteiger partial charge is 0.352 e. The lowest BCUT2D eigenvalue weighted by Crippen LogP contribution is -2.53. The zero-order valence-corrected chi connectivity index (χ0v) is 16.8. The summed E-state index contributed by atoms with van der Waals surface area (Å²) >= 11 is 2.19. The van der Waals surface area contributed by atoms with E-state index >= 15 is 0 Å². The minimum Gasteiger partial charge on any atom is -0.352 e. The molecule has 2 aliphatic rings. The molecule has 2 aromatic rings. The van der Waals surface area contributed by atoms with Crippen molar-refractivity contribution in [1.82, 2.24) is 24.8 Å². The monoisotopic (exact) mass is 384 g/mol. The lowest BCUT2D eigenvalue weighted by Gasteiger charge is -2.45. The Hall–Kier alpha value is -2.02. The molecular weight excluding hydrogens is 356 g/mol. The van der Waals surface area contributed by atoms with Crippen molar-refractivity contribution in [1.29, 1.82) is 0 Å². The molecule has 6 nitrogen and oxygen atoms in total. The van der Waals surface area contributed by atoms with Crippen molar-refractivity contribution >= 4 is 17.7 Å². The van der Waals surface area contributed by atoms with Gasteiger partial charge in [-0.05, 0) is 24.5 Å². The standard InChI is InChI=1S/C20H28N6S/c1-21-19(25-11-12-27-20(15-25)7-3-2-4-8-20)24-14-17-5-6-18(23-13-17)26-10-9-22-16-26/h5-6,9-10,13,16H,2-4,7-8,11-12,14-15H2,1H3,(H,21,24). The third-order valence-corrected chi connectivity index (χ3v) is 7.09. The predicted molar refractivity (Wildman–Crippen MR) is 111 cm³/mol. The van der Waals surface area contributed by atoms with Gasteiger partial charge in [0, 0.05) is 55.8 Å². The maximum absolute atomic E-state index is 4.55. The summed E-state index contributed by atoms with van der Waals surface area (Å²) in [6.45, 7) is 2.93. The predicted octanol–water partition coefficient (Wildman–Crippen LogP) is 3.09. The molecular formula is C20H28N6S. The van der Waals surface area contributed by atoms with E-state index in [0.29, 0.717) is 4.75 Å². The van der Waals surface area contributed by atoms with E-state index in [1.807, 2.05) is 30.1 Å². The molecule has 27 heavy (non-hydrogen) atoms. The first-order chi connectivity index (χ1) is 13.3. The van der Waals surface area contributed by atoms with Gasteiger partial charge in [-0.3, -0.25) is 9.56 Å². The van der Waals surface area contributed by atoms with Crippen LogP contribution in [0.5, 0.6) is 0 Å². The molecule has 1 N–H and O–H groups in total. The van der Waals surface area contributed by atoms with E-state index < -0.39 is 0 Å². The molecule has 1 saturated carbocycles. The first-order valence-electron chi connectivity index (χ1n) is 9.81. The Balaban J connectivity index is 1.36. The Kier molecular flexibility index (Phi) is 5.66. The molecule has 2 fully saturated rings. The molecule has 0 aromatic carbocycles. The highest BCUT2D eigenvalue weighted by atomic mass is 32.2. The van der Waals surface area contributed by atoms with Crippen molar-refractivity contribution in [2.75, 3.05) is 25.9 Å². The zero-order chi connectivity index (χ0) is 18.5. The Labute approximate surface area is 165 Å². The number of guanidine groups is 1. The number of aromatic nitrogens is 3. The van der Waals surface area contributed by atoms with Crippen LogP contribution in [0.1, 0.15) is 37.7 Å². The molecule has 144 valence electrons. The minimum atomic E-state index is 0.447. The molecule has 1 spiro atoms. The summed E-state index contributed by atoms with van der Waals surface area (Å²) in [6.07, 6.45) is 14.2. The lowest BCUT2D eigenvalue weighted by molar-refractivity contribution is 0.293. The van der Waals surface area contributed by atoms with E-state index in [-0.39, 0.29) is 0 Å². The van der Waals surface area contributed by atoms with E-state index in [2.05, 4.69) is 43.0 Å². The Morgan fingerprint density at radius 3 is 2.89 bits per heavy atom. The van der Waals surface area contributed by atoms with Crippen LogP contribution in [0.4, 0.5) is 0 Å². The van der Waals surface area contributed by atoms with E-state index in [1.54, 1.807) is 12.5 Å². The fourth-order valence-corrected chi connectivity index (χ4v) is 5.68. The number of thioether (sulfide) groups is 1. The second kappa shape index (κ2) is 8.33. The van der Waals surface area contributed by atoms with Crippen molar-refractivity contribution in [3.63, 3.8) is 0 Å². The molecule has 0 radical (unpaired) electrons. The summed E-state index contributed by atoms with van der Waals surface area (Å²) in [5, 5.41) is 3.54. The Morgan fingerprint density at radius 2 is 2.19 bits per heavy atom. The molecule has 1 aliphatic heterocycles. The van der Waals surface area contributed by atoms with E-state index in [0.717, 1.165) is 37.0 Å². The summed E-state index contributed by atoms with van der Waals surface area (Å²) in [4.78, 5) is 15.6. The molecule has 0 unspecified atom stereocenters. The smallest absolute Gasteiger partial charge is 0.193 e. The number of aliphatic imine (C=N–C) groups is 1. The second-order valence-corrected chi connectivity index (χ2v) is 8.97. The van der Waals surface area contributed by atoms with Gasteiger partial charge in [-0.15, -0.1) is 0 Å². The van der Waals surface area contributed by atoms with Crippen molar-refractivity contribution in [3.8, 4) is 5.82 Å². The number of nitrogens with one attached hydrogen (secondary N) is 1. The average Bonchev–Trinajstić information content (AvgIpc) is 3.25. The van der Waals surface area contributed by atoms with E-state index in [9.17, 15) is 0 Å². The molecule has 0 atom stereocenters. The normalized spacial score (nSPS) is 20.0. The fraction of sp³-hybridized carbons (Fsp3) is 0.550. The van der Waals surface area contributed by atoms with Crippen molar-refractivity contribution in [2.45, 2.75) is 43.4 Å². The number of imidazole rings is 1. The van der Waals surface area contributed by atoms with E-state index in [4.69, 9.17) is 0 Å². The van der Waals surface area contributed by atoms with Crippen molar-refractivity contribution < 1.29 is 0 Å². The number of hydrogen-bond donors (Lipinski definition) is 1. The molecule has 1 saturated heterocycles. The van der Waals surface area contributed by atoms with Crippen LogP contribution in [0.2, 0.25) is 0 Å². The number of hydrogen-bond acceptors (Lipinski definition) is 4. The van der Waals surface area contributed by atoms with Crippen LogP contribution in [0.25, 0.3) is 5.82 Å². The van der Waals surface area contributed by atoms with Gasteiger partial charge in [0.25, 0.3) is 0 Å². The molecule has 2 aromatic heterocycles. The third kappa shape index (κ3) is 4.29. The van der Waals surface area contributed by atoms with Crippen LogP contribution in [-0.2, 0) is 6.54 Å². The van der Waals surface area contributed by atoms with Gasteiger partial charge in [-0.1, -0.05) is 25.3 Å². The van der Waals surface area contributed by atoms with Crippen LogP contribution < -0.4 is 5.32 Å². The highest BCUT2D eigenvalue weighted by Gasteiger charge is 2.38. The molecule has 0 bridgehead atoms. The first kappa shape index (κ1) is 18.3. The van der Waals surface area contributed by atoms with Gasteiger partial charge in [0.1, 0.15) is 12.1 Å². The summed E-state index contributed by atoms with van der Waals surface area (Å²) in [5.41, 5.74) is 1.15. The van der Waals surface area contributed by atoms with E-state index in [1.165, 1.54) is 37.9 Å². The van der Waals surface area contributed by atoms with Gasteiger partial charge in [0.15, 0.2) is 5.96 Å². The SMILES string of the molecule is CN=C(NCc1ccc(-n2ccnc2)nc1)N1CCSC2(CCCCC2)C1. The minimum absolute atomic E-state index is 0.447. The maximum Gasteiger partial charge on any atom is 0.193 e. The van der Waals surface area contributed by atoms with Gasteiger partial charge < -0.3 is 10.2 Å². The van der Waals surface area contributed by atoms with Gasteiger partial charge in [-0.25, -0.2) is 9.97 Å². The van der Waals surface area contributed by atoms with Gasteiger partial charge in [0.05, 0.1) is 0 Å². The Morgan fingerprint density at radius 1 is 1.30 bits per heavy atom. The van der Waals surface area contributed by atoms with Crippen molar-refractivity contribution in [3.05, 3.63) is 42.6 Å². The molecule has 4 rings (SSSR count). The molecule has 0 amide bonds. The number of nitrogens with zero attached hydrogens (tertiary/aromatic N) is 5. The fourth-order valence-electron chi connectivity index (χ4n) is 4.11. The zero-order valence-electron chi connectivity index (χ0n) is 16.0. The lowest BCUT2D eigenvalue weighted by atomic mass is 9.87. The topological polar surface area (TPSA) is 58.3 Å². The van der Waals surface area contributed by atoms with Gasteiger partial charge in [-0.2, -0.15) is 11.8 Å². The van der Waals surface area contributed by atoms with Gasteiger partial charge in [0.2, 0.25) is 0 Å². The summed E-state index contributed by atoms with van der Waals surface area (Å²) < 4.78 is 2.35. The summed E-state index contributed by atoms with van der Waals surface area (Å²) in [5.74, 6) is 3.09. The first-order valence-corrected chi connectivity index (χ1v) is 10.8. The average molecular weight is 385 g/mol. The highest BCUT2D eigenvalue weighted by molar-refractivity contribution is 8.00. The van der Waals surface area contributed by atoms with Gasteiger partial charge >= 0.3 is 0 Å². The van der Waals surface area contributed by atoms with Crippen LogP contribution in [0.15, 0.2) is 42.0 Å². The van der Waals surface area contributed by atoms with Crippen molar-refractivity contribution in [2.24, 2.45) is 4.99 Å². The molecule has 3 heterocycles. The number of rotatable bonds is 3. The Bertz CT molecular complexity index is 744.